The first kappa shape index (κ1) is 21.9. The molecule has 4 rings (SSSR count). The van der Waals surface area contributed by atoms with Crippen molar-refractivity contribution in [2.24, 2.45) is 0 Å². The number of anilines is 1. The highest BCUT2D eigenvalue weighted by Crippen LogP contribution is 2.29. The largest absolute Gasteiger partial charge is 0.492 e. The molecule has 166 valence electrons. The molecule has 0 spiro atoms. The fourth-order valence-electron chi connectivity index (χ4n) is 4.00. The number of rotatable bonds is 8. The predicted molar refractivity (Wildman–Crippen MR) is 130 cm³/mol. The highest BCUT2D eigenvalue weighted by atomic mass is 16.5. The molecule has 0 saturated carbocycles. The van der Waals surface area contributed by atoms with E-state index in [9.17, 15) is 4.79 Å². The summed E-state index contributed by atoms with van der Waals surface area (Å²) < 4.78 is 5.97. The molecule has 1 N–H and O–H groups in total. The van der Waals surface area contributed by atoms with Gasteiger partial charge in [-0.05, 0) is 30.3 Å². The Kier molecular flexibility index (Phi) is 7.41. The van der Waals surface area contributed by atoms with E-state index in [1.807, 2.05) is 48.5 Å². The molecule has 0 aliphatic carbocycles. The number of para-hydroxylation sites is 2. The van der Waals surface area contributed by atoms with Gasteiger partial charge in [-0.25, -0.2) is 0 Å². The third-order valence-electron chi connectivity index (χ3n) is 5.87. The lowest BCUT2D eigenvalue weighted by atomic mass is 10.1. The molecule has 32 heavy (non-hydrogen) atoms. The first-order valence-corrected chi connectivity index (χ1v) is 11.3. The quantitative estimate of drug-likeness (QED) is 0.583. The molecule has 1 heterocycles. The number of ether oxygens (including phenoxy) is 1. The Morgan fingerprint density at radius 2 is 1.56 bits per heavy atom. The molecule has 1 amide bonds. The van der Waals surface area contributed by atoms with Gasteiger partial charge in [0.2, 0.25) is 5.91 Å². The van der Waals surface area contributed by atoms with Crippen molar-refractivity contribution in [2.45, 2.75) is 13.0 Å². The molecule has 3 aromatic carbocycles. The van der Waals surface area contributed by atoms with Crippen LogP contribution >= 0.6 is 0 Å². The maximum atomic E-state index is 12.5. The van der Waals surface area contributed by atoms with E-state index in [4.69, 9.17) is 4.74 Å². The highest BCUT2D eigenvalue weighted by molar-refractivity contribution is 5.76. The van der Waals surface area contributed by atoms with E-state index in [2.05, 4.69) is 52.5 Å². The Labute approximate surface area is 190 Å². The van der Waals surface area contributed by atoms with Gasteiger partial charge < -0.3 is 19.9 Å². The zero-order valence-electron chi connectivity index (χ0n) is 18.7. The monoisotopic (exact) mass is 429 g/mol. The van der Waals surface area contributed by atoms with Crippen molar-refractivity contribution >= 4 is 11.6 Å². The third kappa shape index (κ3) is 5.68. The second-order valence-corrected chi connectivity index (χ2v) is 8.16. The number of nitrogens with zero attached hydrogens (tertiary/aromatic N) is 2. The number of hydrogen-bond donors (Lipinski definition) is 1. The SMILES string of the molecule is CN1CCN(c2ccccc2CNC(=O)CCOc2ccccc2-c2ccccc2)CC1. The van der Waals surface area contributed by atoms with Crippen molar-refractivity contribution in [1.82, 2.24) is 10.2 Å². The van der Waals surface area contributed by atoms with Crippen molar-refractivity contribution in [3.63, 3.8) is 0 Å². The van der Waals surface area contributed by atoms with Crippen LogP contribution in [0.3, 0.4) is 0 Å². The molecular weight excluding hydrogens is 398 g/mol. The highest BCUT2D eigenvalue weighted by Gasteiger charge is 2.17. The lowest BCUT2D eigenvalue weighted by molar-refractivity contribution is -0.121. The van der Waals surface area contributed by atoms with Crippen molar-refractivity contribution in [3.8, 4) is 16.9 Å². The van der Waals surface area contributed by atoms with Crippen LogP contribution in [0.2, 0.25) is 0 Å². The van der Waals surface area contributed by atoms with E-state index in [-0.39, 0.29) is 5.91 Å². The fraction of sp³-hybridized carbons (Fsp3) is 0.296. The van der Waals surface area contributed by atoms with Crippen molar-refractivity contribution in [3.05, 3.63) is 84.4 Å². The Morgan fingerprint density at radius 3 is 2.38 bits per heavy atom. The molecule has 3 aromatic rings. The Hall–Kier alpha value is -3.31. The van der Waals surface area contributed by atoms with Crippen LogP contribution in [0.4, 0.5) is 5.69 Å². The van der Waals surface area contributed by atoms with Gasteiger partial charge in [-0.2, -0.15) is 0 Å². The van der Waals surface area contributed by atoms with Crippen molar-refractivity contribution in [2.75, 3.05) is 44.7 Å². The molecule has 0 atom stereocenters. The van der Waals surface area contributed by atoms with Gasteiger partial charge in [-0.15, -0.1) is 0 Å². The average Bonchev–Trinajstić information content (AvgIpc) is 2.84. The lowest BCUT2D eigenvalue weighted by Crippen LogP contribution is -2.45. The van der Waals surface area contributed by atoms with Crippen LogP contribution in [-0.2, 0) is 11.3 Å². The molecule has 5 heteroatoms. The average molecular weight is 430 g/mol. The Balaban J connectivity index is 1.29. The van der Waals surface area contributed by atoms with Crippen LogP contribution < -0.4 is 15.0 Å². The summed E-state index contributed by atoms with van der Waals surface area (Å²) in [4.78, 5) is 17.2. The molecule has 1 aliphatic heterocycles. The first-order chi connectivity index (χ1) is 15.7. The minimum absolute atomic E-state index is 0.00428. The normalized spacial score (nSPS) is 14.2. The molecular formula is C27H31N3O2. The summed E-state index contributed by atoms with van der Waals surface area (Å²) in [5.74, 6) is 0.794. The predicted octanol–water partition coefficient (Wildman–Crippen LogP) is 4.19. The van der Waals surface area contributed by atoms with Gasteiger partial charge in [-0.1, -0.05) is 66.7 Å². The third-order valence-corrected chi connectivity index (χ3v) is 5.87. The minimum Gasteiger partial charge on any atom is -0.492 e. The van der Waals surface area contributed by atoms with Gasteiger partial charge in [0.15, 0.2) is 0 Å². The Morgan fingerprint density at radius 1 is 0.875 bits per heavy atom. The minimum atomic E-state index is -0.00428. The number of nitrogens with one attached hydrogen (secondary N) is 1. The van der Waals surface area contributed by atoms with Gasteiger partial charge in [-0.3, -0.25) is 4.79 Å². The maximum Gasteiger partial charge on any atom is 0.223 e. The van der Waals surface area contributed by atoms with Crippen LogP contribution in [-0.4, -0.2) is 50.6 Å². The number of benzene rings is 3. The van der Waals surface area contributed by atoms with Gasteiger partial charge in [0.25, 0.3) is 0 Å². The van der Waals surface area contributed by atoms with Crippen LogP contribution in [0, 0.1) is 0 Å². The van der Waals surface area contributed by atoms with Gasteiger partial charge in [0.1, 0.15) is 5.75 Å². The van der Waals surface area contributed by atoms with Crippen LogP contribution in [0.5, 0.6) is 5.75 Å². The maximum absolute atomic E-state index is 12.5. The molecule has 0 radical (unpaired) electrons. The van der Waals surface area contributed by atoms with Gasteiger partial charge >= 0.3 is 0 Å². The smallest absolute Gasteiger partial charge is 0.223 e. The fourth-order valence-corrected chi connectivity index (χ4v) is 4.00. The number of amides is 1. The summed E-state index contributed by atoms with van der Waals surface area (Å²) in [6.07, 6.45) is 0.319. The summed E-state index contributed by atoms with van der Waals surface area (Å²) in [6.45, 7) is 5.01. The zero-order chi connectivity index (χ0) is 22.2. The standard InChI is InChI=1S/C27H31N3O2/c1-29-16-18-30(19-17-29)25-13-7-5-11-23(25)21-28-27(31)15-20-32-26-14-8-6-12-24(26)22-9-3-2-4-10-22/h2-14H,15-21H2,1H3,(H,28,31). The number of hydrogen-bond acceptors (Lipinski definition) is 4. The Bertz CT molecular complexity index is 1010. The van der Waals surface area contributed by atoms with Gasteiger partial charge in [0, 0.05) is 44.0 Å². The van der Waals surface area contributed by atoms with Crippen molar-refractivity contribution < 1.29 is 9.53 Å². The zero-order valence-corrected chi connectivity index (χ0v) is 18.7. The second-order valence-electron chi connectivity index (χ2n) is 8.16. The van der Waals surface area contributed by atoms with E-state index in [1.165, 1.54) is 5.69 Å². The van der Waals surface area contributed by atoms with E-state index in [1.54, 1.807) is 0 Å². The molecule has 1 fully saturated rings. The number of carbonyl (C=O) groups is 1. The number of piperazine rings is 1. The van der Waals surface area contributed by atoms with E-state index in [0.29, 0.717) is 19.6 Å². The second kappa shape index (κ2) is 10.8. The topological polar surface area (TPSA) is 44.8 Å². The van der Waals surface area contributed by atoms with Gasteiger partial charge in [0.05, 0.1) is 13.0 Å². The summed E-state index contributed by atoms with van der Waals surface area (Å²) >= 11 is 0. The van der Waals surface area contributed by atoms with E-state index < -0.39 is 0 Å². The van der Waals surface area contributed by atoms with Crippen molar-refractivity contribution in [1.29, 1.82) is 0 Å². The summed E-state index contributed by atoms with van der Waals surface area (Å²) in [6, 6.07) is 26.4. The molecule has 1 saturated heterocycles. The summed E-state index contributed by atoms with van der Waals surface area (Å²) in [5, 5.41) is 3.06. The van der Waals surface area contributed by atoms with Crippen LogP contribution in [0.15, 0.2) is 78.9 Å². The molecule has 0 aromatic heterocycles. The molecule has 1 aliphatic rings. The van der Waals surface area contributed by atoms with Crippen LogP contribution in [0.25, 0.3) is 11.1 Å². The molecule has 5 nitrogen and oxygen atoms in total. The summed E-state index contributed by atoms with van der Waals surface area (Å²) in [7, 11) is 2.16. The van der Waals surface area contributed by atoms with Crippen LogP contribution in [0.1, 0.15) is 12.0 Å². The first-order valence-electron chi connectivity index (χ1n) is 11.3. The van der Waals surface area contributed by atoms with E-state index >= 15 is 0 Å². The molecule has 0 unspecified atom stereocenters. The number of carbonyl (C=O) groups excluding carboxylic acids is 1. The summed E-state index contributed by atoms with van der Waals surface area (Å²) in [5.41, 5.74) is 4.51. The lowest BCUT2D eigenvalue weighted by Gasteiger charge is -2.35. The number of likely N-dealkylation sites (N-methyl/N-ethyl adjacent to an activating group) is 1. The van der Waals surface area contributed by atoms with E-state index in [0.717, 1.165) is 48.6 Å². The molecule has 0 bridgehead atoms.